The number of imidazole rings is 1. The summed E-state index contributed by atoms with van der Waals surface area (Å²) in [6.45, 7) is 4.18. The minimum absolute atomic E-state index is 0.0632. The van der Waals surface area contributed by atoms with E-state index in [0.29, 0.717) is 0 Å². The van der Waals surface area contributed by atoms with Crippen molar-refractivity contribution in [2.45, 2.75) is 25.9 Å². The Morgan fingerprint density at radius 3 is 2.70 bits per heavy atom. The first kappa shape index (κ1) is 17.5. The highest BCUT2D eigenvalue weighted by atomic mass is 16.5. The van der Waals surface area contributed by atoms with Gasteiger partial charge in [0.1, 0.15) is 6.33 Å². The summed E-state index contributed by atoms with van der Waals surface area (Å²) in [5.74, 6) is 0. The van der Waals surface area contributed by atoms with Gasteiger partial charge in [0, 0.05) is 31.1 Å². The van der Waals surface area contributed by atoms with E-state index in [-0.39, 0.29) is 12.1 Å². The molecule has 4 rings (SSSR count). The standard InChI is InChI=1S/C21H24N4O2/c1-2-27-18-10-12-24(13-11-18)21(26)23-16-8-9-20-19(14-16)22-15-25(20)17-6-4-3-5-7-17/h3-9,14-15,18H,2,10-13H2,1H3,(H,23,26). The summed E-state index contributed by atoms with van der Waals surface area (Å²) in [6, 6.07) is 15.9. The molecule has 3 aromatic rings. The van der Waals surface area contributed by atoms with Crippen LogP contribution in [0.1, 0.15) is 19.8 Å². The maximum Gasteiger partial charge on any atom is 0.321 e. The second-order valence-electron chi connectivity index (χ2n) is 6.73. The summed E-state index contributed by atoms with van der Waals surface area (Å²) < 4.78 is 7.69. The summed E-state index contributed by atoms with van der Waals surface area (Å²) in [5.41, 5.74) is 3.69. The number of urea groups is 1. The molecule has 1 aromatic heterocycles. The van der Waals surface area contributed by atoms with Crippen molar-refractivity contribution in [3.8, 4) is 5.69 Å². The Morgan fingerprint density at radius 2 is 1.96 bits per heavy atom. The molecule has 1 aliphatic heterocycles. The molecule has 0 aliphatic carbocycles. The lowest BCUT2D eigenvalue weighted by Crippen LogP contribution is -2.43. The van der Waals surface area contributed by atoms with Crippen molar-refractivity contribution < 1.29 is 9.53 Å². The van der Waals surface area contributed by atoms with Crippen LogP contribution in [0.15, 0.2) is 54.9 Å². The number of ether oxygens (including phenoxy) is 1. The summed E-state index contributed by atoms with van der Waals surface area (Å²) in [6.07, 6.45) is 3.87. The number of nitrogens with one attached hydrogen (secondary N) is 1. The van der Waals surface area contributed by atoms with Gasteiger partial charge in [-0.25, -0.2) is 9.78 Å². The quantitative estimate of drug-likeness (QED) is 0.759. The largest absolute Gasteiger partial charge is 0.378 e. The fraction of sp³-hybridized carbons (Fsp3) is 0.333. The molecular formula is C21H24N4O2. The third kappa shape index (κ3) is 3.80. The van der Waals surface area contributed by atoms with Crippen LogP contribution >= 0.6 is 0 Å². The van der Waals surface area contributed by atoms with Crippen LogP contribution in [0.4, 0.5) is 10.5 Å². The van der Waals surface area contributed by atoms with Crippen LogP contribution < -0.4 is 5.32 Å². The number of rotatable bonds is 4. The molecule has 1 fully saturated rings. The second-order valence-corrected chi connectivity index (χ2v) is 6.73. The van der Waals surface area contributed by atoms with Crippen molar-refractivity contribution in [2.24, 2.45) is 0 Å². The number of carbonyl (C=O) groups excluding carboxylic acids is 1. The van der Waals surface area contributed by atoms with Gasteiger partial charge in [-0.1, -0.05) is 18.2 Å². The Kier molecular flexibility index (Phi) is 5.07. The van der Waals surface area contributed by atoms with E-state index in [2.05, 4.69) is 10.3 Å². The number of para-hydroxylation sites is 1. The number of likely N-dealkylation sites (tertiary alicyclic amines) is 1. The zero-order valence-electron chi connectivity index (χ0n) is 15.5. The van der Waals surface area contributed by atoms with E-state index in [1.165, 1.54) is 0 Å². The molecule has 0 bridgehead atoms. The predicted octanol–water partition coefficient (Wildman–Crippen LogP) is 4.06. The maximum absolute atomic E-state index is 12.5. The Morgan fingerprint density at radius 1 is 1.19 bits per heavy atom. The molecule has 2 aromatic carbocycles. The van der Waals surface area contributed by atoms with Gasteiger partial charge >= 0.3 is 6.03 Å². The number of fused-ring (bicyclic) bond motifs is 1. The Labute approximate surface area is 158 Å². The van der Waals surface area contributed by atoms with Gasteiger partial charge in [0.2, 0.25) is 0 Å². The molecule has 0 radical (unpaired) electrons. The zero-order chi connectivity index (χ0) is 18.6. The summed E-state index contributed by atoms with van der Waals surface area (Å²) in [5, 5.41) is 3.00. The Hall–Kier alpha value is -2.86. The zero-order valence-corrected chi connectivity index (χ0v) is 15.5. The molecule has 1 aliphatic rings. The van der Waals surface area contributed by atoms with E-state index in [0.717, 1.165) is 54.9 Å². The number of anilines is 1. The van der Waals surface area contributed by atoms with Gasteiger partial charge in [0.25, 0.3) is 0 Å². The first-order valence-electron chi connectivity index (χ1n) is 9.44. The van der Waals surface area contributed by atoms with Gasteiger partial charge in [-0.05, 0) is 50.1 Å². The molecule has 6 nitrogen and oxygen atoms in total. The number of carbonyl (C=O) groups is 1. The molecule has 6 heteroatoms. The monoisotopic (exact) mass is 364 g/mol. The molecular weight excluding hydrogens is 340 g/mol. The Balaban J connectivity index is 1.45. The van der Waals surface area contributed by atoms with Crippen molar-refractivity contribution in [3.05, 3.63) is 54.9 Å². The fourth-order valence-corrected chi connectivity index (χ4v) is 3.55. The van der Waals surface area contributed by atoms with Gasteiger partial charge in [-0.2, -0.15) is 0 Å². The van der Waals surface area contributed by atoms with Crippen LogP contribution in [0.25, 0.3) is 16.7 Å². The topological polar surface area (TPSA) is 59.4 Å². The minimum atomic E-state index is -0.0632. The predicted molar refractivity (Wildman–Crippen MR) is 106 cm³/mol. The molecule has 0 atom stereocenters. The summed E-state index contributed by atoms with van der Waals surface area (Å²) in [7, 11) is 0. The van der Waals surface area contributed by atoms with Crippen molar-refractivity contribution in [1.82, 2.24) is 14.5 Å². The van der Waals surface area contributed by atoms with Gasteiger partial charge in [-0.3, -0.25) is 4.57 Å². The van der Waals surface area contributed by atoms with E-state index in [4.69, 9.17) is 4.74 Å². The number of benzene rings is 2. The van der Waals surface area contributed by atoms with Crippen LogP contribution in [0.3, 0.4) is 0 Å². The van der Waals surface area contributed by atoms with Crippen molar-refractivity contribution in [2.75, 3.05) is 25.0 Å². The highest BCUT2D eigenvalue weighted by Gasteiger charge is 2.23. The average molecular weight is 364 g/mol. The number of piperidine rings is 1. The molecule has 0 spiro atoms. The van der Waals surface area contributed by atoms with Crippen molar-refractivity contribution >= 4 is 22.8 Å². The molecule has 140 valence electrons. The van der Waals surface area contributed by atoms with Crippen LogP contribution in [-0.2, 0) is 4.74 Å². The third-order valence-electron chi connectivity index (χ3n) is 4.96. The normalized spacial score (nSPS) is 15.2. The first-order chi connectivity index (χ1) is 13.2. The van der Waals surface area contributed by atoms with E-state index < -0.39 is 0 Å². The van der Waals surface area contributed by atoms with E-state index in [1.807, 2.05) is 71.2 Å². The summed E-state index contributed by atoms with van der Waals surface area (Å²) >= 11 is 0. The van der Waals surface area contributed by atoms with E-state index >= 15 is 0 Å². The second kappa shape index (κ2) is 7.80. The maximum atomic E-state index is 12.5. The number of aromatic nitrogens is 2. The molecule has 1 N–H and O–H groups in total. The smallest absolute Gasteiger partial charge is 0.321 e. The van der Waals surface area contributed by atoms with Gasteiger partial charge in [0.15, 0.2) is 0 Å². The number of nitrogens with zero attached hydrogens (tertiary/aromatic N) is 3. The number of amides is 2. The lowest BCUT2D eigenvalue weighted by molar-refractivity contribution is 0.0232. The number of hydrogen-bond donors (Lipinski definition) is 1. The lowest BCUT2D eigenvalue weighted by Gasteiger charge is -2.31. The number of hydrogen-bond acceptors (Lipinski definition) is 3. The summed E-state index contributed by atoms with van der Waals surface area (Å²) in [4.78, 5) is 18.9. The van der Waals surface area contributed by atoms with Crippen LogP contribution in [-0.4, -0.2) is 46.3 Å². The van der Waals surface area contributed by atoms with E-state index in [1.54, 1.807) is 0 Å². The SMILES string of the molecule is CCOC1CCN(C(=O)Nc2ccc3c(c2)ncn3-c2ccccc2)CC1. The molecule has 0 unspecified atom stereocenters. The van der Waals surface area contributed by atoms with Crippen LogP contribution in [0.5, 0.6) is 0 Å². The minimum Gasteiger partial charge on any atom is -0.378 e. The van der Waals surface area contributed by atoms with Gasteiger partial charge in [0.05, 0.1) is 17.1 Å². The van der Waals surface area contributed by atoms with Crippen LogP contribution in [0.2, 0.25) is 0 Å². The van der Waals surface area contributed by atoms with Crippen LogP contribution in [0, 0.1) is 0 Å². The molecule has 0 saturated carbocycles. The van der Waals surface area contributed by atoms with Gasteiger partial charge < -0.3 is 15.0 Å². The molecule has 2 amide bonds. The molecule has 1 saturated heterocycles. The Bertz CT molecular complexity index is 914. The van der Waals surface area contributed by atoms with Crippen molar-refractivity contribution in [3.63, 3.8) is 0 Å². The highest BCUT2D eigenvalue weighted by molar-refractivity contribution is 5.92. The fourth-order valence-electron chi connectivity index (χ4n) is 3.55. The highest BCUT2D eigenvalue weighted by Crippen LogP contribution is 2.22. The molecule has 2 heterocycles. The third-order valence-corrected chi connectivity index (χ3v) is 4.96. The first-order valence-corrected chi connectivity index (χ1v) is 9.44. The molecule has 27 heavy (non-hydrogen) atoms. The van der Waals surface area contributed by atoms with Gasteiger partial charge in [-0.15, -0.1) is 0 Å². The van der Waals surface area contributed by atoms with E-state index in [9.17, 15) is 4.79 Å². The van der Waals surface area contributed by atoms with Crippen molar-refractivity contribution in [1.29, 1.82) is 0 Å². The average Bonchev–Trinajstić information content (AvgIpc) is 3.13. The lowest BCUT2D eigenvalue weighted by atomic mass is 10.1.